The molecule has 0 aliphatic rings. The molecule has 0 aliphatic carbocycles. The van der Waals surface area contributed by atoms with Gasteiger partial charge >= 0.3 is 0 Å². The summed E-state index contributed by atoms with van der Waals surface area (Å²) < 4.78 is 0. The van der Waals surface area contributed by atoms with Crippen molar-refractivity contribution in [1.82, 2.24) is 0 Å². The van der Waals surface area contributed by atoms with Gasteiger partial charge < -0.3 is 0 Å². The summed E-state index contributed by atoms with van der Waals surface area (Å²) in [7, 11) is 0. The first-order valence-electron chi connectivity index (χ1n) is 4.74. The summed E-state index contributed by atoms with van der Waals surface area (Å²) in [6, 6.07) is 0. The van der Waals surface area contributed by atoms with Gasteiger partial charge in [0.1, 0.15) is 0 Å². The Morgan fingerprint density at radius 1 is 1.10 bits per heavy atom. The van der Waals surface area contributed by atoms with Gasteiger partial charge in [0.2, 0.25) is 0 Å². The molecule has 60 valence electrons. The van der Waals surface area contributed by atoms with Crippen molar-refractivity contribution in [3.05, 3.63) is 0 Å². The van der Waals surface area contributed by atoms with Crippen molar-refractivity contribution in [3.8, 4) is 0 Å². The molecule has 0 saturated carbocycles. The maximum Gasteiger partial charge on any atom is 0.261 e. The van der Waals surface area contributed by atoms with E-state index in [0.717, 1.165) is 5.92 Å². The SMILES string of the molecule is CCC(C)[CH2][Al]([CH2]C)[CH2]C. The van der Waals surface area contributed by atoms with Crippen LogP contribution in [0.3, 0.4) is 0 Å². The Hall–Kier alpha value is 0.532. The second kappa shape index (κ2) is 6.26. The molecular weight excluding hydrogens is 135 g/mol. The molecule has 0 N–H and O–H groups in total. The van der Waals surface area contributed by atoms with Gasteiger partial charge in [-0.2, -0.15) is 0 Å². The molecule has 0 aromatic carbocycles. The number of hydrogen-bond donors (Lipinski definition) is 0. The highest BCUT2D eigenvalue weighted by Crippen LogP contribution is 2.15. The van der Waals surface area contributed by atoms with E-state index in [0.29, 0.717) is 0 Å². The minimum absolute atomic E-state index is 0.268. The van der Waals surface area contributed by atoms with Gasteiger partial charge in [-0.3, -0.25) is 0 Å². The Morgan fingerprint density at radius 2 is 1.60 bits per heavy atom. The fraction of sp³-hybridized carbons (Fsp3) is 1.00. The molecule has 0 aromatic heterocycles. The third-order valence-corrected chi connectivity index (χ3v) is 6.37. The first kappa shape index (κ1) is 10.5. The largest absolute Gasteiger partial charge is 0.261 e. The second-order valence-corrected chi connectivity index (χ2v) is 7.27. The third-order valence-electron chi connectivity index (χ3n) is 2.59. The maximum atomic E-state index is 2.39. The molecule has 1 atom stereocenters. The van der Waals surface area contributed by atoms with Crippen LogP contribution < -0.4 is 0 Å². The van der Waals surface area contributed by atoms with Crippen LogP contribution in [0.1, 0.15) is 34.1 Å². The van der Waals surface area contributed by atoms with Crippen molar-refractivity contribution in [2.24, 2.45) is 5.92 Å². The minimum Gasteiger partial charge on any atom is -0.0967 e. The lowest BCUT2D eigenvalue weighted by Gasteiger charge is -2.11. The van der Waals surface area contributed by atoms with E-state index in [1.54, 1.807) is 5.28 Å². The maximum absolute atomic E-state index is 2.39. The van der Waals surface area contributed by atoms with Gasteiger partial charge in [-0.05, 0) is 0 Å². The molecule has 0 spiro atoms. The van der Waals surface area contributed by atoms with Gasteiger partial charge in [-0.15, -0.1) is 0 Å². The number of hydrogen-bond acceptors (Lipinski definition) is 0. The third kappa shape index (κ3) is 4.36. The zero-order chi connectivity index (χ0) is 7.98. The Morgan fingerprint density at radius 3 is 1.90 bits per heavy atom. The van der Waals surface area contributed by atoms with Gasteiger partial charge in [0.25, 0.3) is 14.1 Å². The van der Waals surface area contributed by atoms with Crippen molar-refractivity contribution in [3.63, 3.8) is 0 Å². The van der Waals surface area contributed by atoms with Crippen LogP contribution in [0.4, 0.5) is 0 Å². The molecule has 0 aromatic rings. The van der Waals surface area contributed by atoms with Gasteiger partial charge in [-0.1, -0.05) is 55.9 Å². The molecule has 0 rings (SSSR count). The van der Waals surface area contributed by atoms with Gasteiger partial charge in [0.05, 0.1) is 0 Å². The predicted molar refractivity (Wildman–Crippen MR) is 51.0 cm³/mol. The summed E-state index contributed by atoms with van der Waals surface area (Å²) in [6.07, 6.45) is 1.38. The lowest BCUT2D eigenvalue weighted by atomic mass is 10.2. The van der Waals surface area contributed by atoms with Crippen LogP contribution in [0.15, 0.2) is 0 Å². The van der Waals surface area contributed by atoms with E-state index in [-0.39, 0.29) is 14.1 Å². The first-order chi connectivity index (χ1) is 4.74. The molecule has 0 nitrogen and oxygen atoms in total. The molecule has 0 bridgehead atoms. The van der Waals surface area contributed by atoms with E-state index >= 15 is 0 Å². The van der Waals surface area contributed by atoms with E-state index in [9.17, 15) is 0 Å². The zero-order valence-electron chi connectivity index (χ0n) is 7.98. The molecule has 0 fully saturated rings. The van der Waals surface area contributed by atoms with Crippen LogP contribution >= 0.6 is 0 Å². The zero-order valence-corrected chi connectivity index (χ0v) is 9.14. The highest BCUT2D eigenvalue weighted by molar-refractivity contribution is 6.58. The Kier molecular flexibility index (Phi) is 6.59. The summed E-state index contributed by atoms with van der Waals surface area (Å²) in [5.41, 5.74) is 0. The normalized spacial score (nSPS) is 13.2. The standard InChI is InChI=1S/C5H11.2C2H5.Al/c1-4-5(2)3;2*1-2;/h5H,2,4H2,1,3H3;2*1H2,2H3;. The lowest BCUT2D eigenvalue weighted by Crippen LogP contribution is -2.12. The second-order valence-electron chi connectivity index (χ2n) is 3.43. The molecule has 1 unspecified atom stereocenters. The molecule has 1 heteroatoms. The highest BCUT2D eigenvalue weighted by Gasteiger charge is 2.13. The Labute approximate surface area is 70.4 Å². The summed E-state index contributed by atoms with van der Waals surface area (Å²) >= 11 is -0.268. The lowest BCUT2D eigenvalue weighted by molar-refractivity contribution is 0.617. The van der Waals surface area contributed by atoms with Crippen LogP contribution in [-0.2, 0) is 0 Å². The smallest absolute Gasteiger partial charge is 0.0967 e. The van der Waals surface area contributed by atoms with Crippen LogP contribution in [0, 0.1) is 5.92 Å². The van der Waals surface area contributed by atoms with Crippen molar-refractivity contribution in [2.75, 3.05) is 0 Å². The van der Waals surface area contributed by atoms with E-state index < -0.39 is 0 Å². The van der Waals surface area contributed by atoms with Crippen LogP contribution in [0.25, 0.3) is 0 Å². The molecular formula is C9H21Al. The van der Waals surface area contributed by atoms with Crippen LogP contribution in [0.2, 0.25) is 15.8 Å². The van der Waals surface area contributed by atoms with E-state index in [4.69, 9.17) is 0 Å². The van der Waals surface area contributed by atoms with Crippen molar-refractivity contribution in [2.45, 2.75) is 50.0 Å². The fourth-order valence-corrected chi connectivity index (χ4v) is 4.07. The van der Waals surface area contributed by atoms with E-state index in [1.165, 1.54) is 17.0 Å². The molecule has 0 amide bonds. The average Bonchev–Trinajstić information content (AvgIpc) is 1.99. The summed E-state index contributed by atoms with van der Waals surface area (Å²) in [6.45, 7) is 9.43. The summed E-state index contributed by atoms with van der Waals surface area (Å²) in [4.78, 5) is 0. The van der Waals surface area contributed by atoms with Crippen molar-refractivity contribution in [1.29, 1.82) is 0 Å². The Balaban J connectivity index is 3.41. The molecule has 0 aliphatic heterocycles. The average molecular weight is 156 g/mol. The van der Waals surface area contributed by atoms with Crippen LogP contribution in [-0.4, -0.2) is 14.1 Å². The summed E-state index contributed by atoms with van der Waals surface area (Å²) in [5, 5.41) is 4.57. The van der Waals surface area contributed by atoms with Gasteiger partial charge in [0.15, 0.2) is 0 Å². The Bertz CT molecular complexity index is 67.1. The highest BCUT2D eigenvalue weighted by atomic mass is 27.2. The monoisotopic (exact) mass is 156 g/mol. The van der Waals surface area contributed by atoms with Gasteiger partial charge in [0, 0.05) is 0 Å². The molecule has 10 heavy (non-hydrogen) atoms. The first-order valence-corrected chi connectivity index (χ1v) is 7.19. The molecule has 0 radical (unpaired) electrons. The topological polar surface area (TPSA) is 0 Å². The van der Waals surface area contributed by atoms with Gasteiger partial charge in [-0.25, -0.2) is 0 Å². The predicted octanol–water partition coefficient (Wildman–Crippen LogP) is 3.57. The quantitative estimate of drug-likeness (QED) is 0.534. The van der Waals surface area contributed by atoms with E-state index in [2.05, 4.69) is 27.7 Å². The molecule has 0 saturated heterocycles. The fourth-order valence-electron chi connectivity index (χ4n) is 1.36. The summed E-state index contributed by atoms with van der Waals surface area (Å²) in [5.74, 6) is 0.997. The van der Waals surface area contributed by atoms with Crippen molar-refractivity contribution < 1.29 is 0 Å². The molecule has 0 heterocycles. The minimum atomic E-state index is -0.268. The van der Waals surface area contributed by atoms with E-state index in [1.807, 2.05) is 0 Å². The van der Waals surface area contributed by atoms with Crippen LogP contribution in [0.5, 0.6) is 0 Å². The van der Waals surface area contributed by atoms with Crippen molar-refractivity contribution >= 4 is 14.1 Å². The number of rotatable bonds is 5.